The first-order valence-corrected chi connectivity index (χ1v) is 9.78. The molecule has 5 atom stereocenters. The molecule has 5 rings (SSSR count). The highest BCUT2D eigenvalue weighted by Crippen LogP contribution is 2.63. The topological polar surface area (TPSA) is 61.8 Å². The number of carbonyl (C=O) groups excluding carboxylic acids is 2. The lowest BCUT2D eigenvalue weighted by atomic mass is 9.49. The largest absolute Gasteiger partial charge is 0.461 e. The van der Waals surface area contributed by atoms with Crippen molar-refractivity contribution in [1.82, 2.24) is 0 Å². The van der Waals surface area contributed by atoms with Crippen LogP contribution < -0.4 is 0 Å². The SMILES string of the molecule is C=CC[C@@]12C[C@@H](OC1=O)[C@@H]1[C@H](CC=C3CC4(CC[C@@]31C)OCCO4)C2=O. The number of esters is 1. The van der Waals surface area contributed by atoms with Crippen LogP contribution in [0.15, 0.2) is 24.3 Å². The lowest BCUT2D eigenvalue weighted by Crippen LogP contribution is -2.56. The number of hydrogen-bond donors (Lipinski definition) is 0. The van der Waals surface area contributed by atoms with Gasteiger partial charge in [-0.05, 0) is 24.7 Å². The van der Waals surface area contributed by atoms with E-state index in [1.807, 2.05) is 0 Å². The molecule has 1 spiro atoms. The molecule has 0 unspecified atom stereocenters. The van der Waals surface area contributed by atoms with Gasteiger partial charge in [0.25, 0.3) is 0 Å². The predicted molar refractivity (Wildman–Crippen MR) is 93.0 cm³/mol. The Morgan fingerprint density at radius 3 is 2.77 bits per heavy atom. The van der Waals surface area contributed by atoms with Gasteiger partial charge in [-0.25, -0.2) is 0 Å². The van der Waals surface area contributed by atoms with Crippen molar-refractivity contribution in [1.29, 1.82) is 0 Å². The summed E-state index contributed by atoms with van der Waals surface area (Å²) in [7, 11) is 0. The molecule has 26 heavy (non-hydrogen) atoms. The van der Waals surface area contributed by atoms with Crippen LogP contribution in [0.3, 0.4) is 0 Å². The molecule has 0 aromatic heterocycles. The Morgan fingerprint density at radius 1 is 1.27 bits per heavy atom. The van der Waals surface area contributed by atoms with Gasteiger partial charge in [0.15, 0.2) is 11.6 Å². The van der Waals surface area contributed by atoms with Crippen LogP contribution in [-0.4, -0.2) is 36.9 Å². The highest BCUT2D eigenvalue weighted by molar-refractivity contribution is 6.07. The van der Waals surface area contributed by atoms with Gasteiger partial charge in [-0.15, -0.1) is 6.58 Å². The summed E-state index contributed by atoms with van der Waals surface area (Å²) in [4.78, 5) is 26.0. The van der Waals surface area contributed by atoms with Crippen molar-refractivity contribution in [3.05, 3.63) is 24.3 Å². The number of rotatable bonds is 2. The fourth-order valence-electron chi connectivity index (χ4n) is 6.41. The Balaban J connectivity index is 1.52. The first-order valence-electron chi connectivity index (χ1n) is 9.78. The van der Waals surface area contributed by atoms with Gasteiger partial charge in [0, 0.05) is 31.1 Å². The predicted octanol–water partition coefficient (Wildman–Crippen LogP) is 2.94. The maximum atomic E-state index is 13.4. The van der Waals surface area contributed by atoms with Crippen LogP contribution >= 0.6 is 0 Å². The zero-order chi connectivity index (χ0) is 18.2. The van der Waals surface area contributed by atoms with Crippen LogP contribution in [-0.2, 0) is 23.8 Å². The van der Waals surface area contributed by atoms with E-state index in [-0.39, 0.29) is 35.1 Å². The van der Waals surface area contributed by atoms with Crippen LogP contribution in [0.1, 0.15) is 45.4 Å². The third kappa shape index (κ3) is 1.93. The number of hydrogen-bond acceptors (Lipinski definition) is 5. The van der Waals surface area contributed by atoms with E-state index in [0.717, 1.165) is 19.3 Å². The highest BCUT2D eigenvalue weighted by Gasteiger charge is 2.68. The smallest absolute Gasteiger partial charge is 0.320 e. The summed E-state index contributed by atoms with van der Waals surface area (Å²) in [6.45, 7) is 7.31. The van der Waals surface area contributed by atoms with Crippen molar-refractivity contribution in [2.24, 2.45) is 22.7 Å². The molecule has 4 fully saturated rings. The number of Topliss-reactive ketones (excluding diaryl/α,β-unsaturated/α-hetero) is 1. The Bertz CT molecular complexity index is 718. The van der Waals surface area contributed by atoms with Crippen LogP contribution in [0, 0.1) is 22.7 Å². The first kappa shape index (κ1) is 16.7. The summed E-state index contributed by atoms with van der Waals surface area (Å²) in [6.07, 6.45) is 7.83. The lowest BCUT2D eigenvalue weighted by molar-refractivity contribution is -0.186. The Hall–Kier alpha value is -1.46. The van der Waals surface area contributed by atoms with Crippen LogP contribution in [0.5, 0.6) is 0 Å². The zero-order valence-corrected chi connectivity index (χ0v) is 15.3. The molecule has 2 bridgehead atoms. The summed E-state index contributed by atoms with van der Waals surface area (Å²) in [5, 5.41) is 0. The summed E-state index contributed by atoms with van der Waals surface area (Å²) in [6, 6.07) is 0. The van der Waals surface area contributed by atoms with Crippen molar-refractivity contribution in [2.75, 3.05) is 13.2 Å². The third-order valence-corrected chi connectivity index (χ3v) is 7.72. The number of fused-ring (bicyclic) bond motifs is 6. The van der Waals surface area contributed by atoms with Gasteiger partial charge in [-0.1, -0.05) is 24.6 Å². The molecule has 0 amide bonds. The van der Waals surface area contributed by atoms with E-state index in [4.69, 9.17) is 14.2 Å². The van der Waals surface area contributed by atoms with Crippen molar-refractivity contribution >= 4 is 11.8 Å². The number of carbonyl (C=O) groups is 2. The van der Waals surface area contributed by atoms with Gasteiger partial charge in [0.1, 0.15) is 11.5 Å². The highest BCUT2D eigenvalue weighted by atomic mass is 16.7. The molecule has 2 aliphatic heterocycles. The zero-order valence-electron chi connectivity index (χ0n) is 15.3. The third-order valence-electron chi connectivity index (χ3n) is 7.72. The molecular formula is C21H26O5. The minimum absolute atomic E-state index is 0.0677. The van der Waals surface area contributed by atoms with Crippen molar-refractivity contribution in [2.45, 2.75) is 57.3 Å². The molecule has 0 aromatic rings. The van der Waals surface area contributed by atoms with Gasteiger partial charge in [0.2, 0.25) is 0 Å². The quantitative estimate of drug-likeness (QED) is 0.431. The fourth-order valence-corrected chi connectivity index (χ4v) is 6.41. The normalized spacial score (nSPS) is 45.7. The molecule has 2 saturated carbocycles. The van der Waals surface area contributed by atoms with E-state index in [1.54, 1.807) is 6.08 Å². The minimum atomic E-state index is -0.983. The second-order valence-electron chi connectivity index (χ2n) is 8.89. The second kappa shape index (κ2) is 5.29. The summed E-state index contributed by atoms with van der Waals surface area (Å²) in [5.41, 5.74) is 0.205. The van der Waals surface area contributed by atoms with Gasteiger partial charge in [-0.3, -0.25) is 9.59 Å². The van der Waals surface area contributed by atoms with Gasteiger partial charge < -0.3 is 14.2 Å². The van der Waals surface area contributed by atoms with Crippen LogP contribution in [0.25, 0.3) is 0 Å². The molecule has 2 saturated heterocycles. The van der Waals surface area contributed by atoms with E-state index >= 15 is 0 Å². The molecule has 2 heterocycles. The van der Waals surface area contributed by atoms with Gasteiger partial charge in [-0.2, -0.15) is 0 Å². The molecule has 5 nitrogen and oxygen atoms in total. The fraction of sp³-hybridized carbons (Fsp3) is 0.714. The molecular weight excluding hydrogens is 332 g/mol. The van der Waals surface area contributed by atoms with Gasteiger partial charge >= 0.3 is 5.97 Å². The van der Waals surface area contributed by atoms with Crippen molar-refractivity contribution < 1.29 is 23.8 Å². The molecule has 0 aromatic carbocycles. The van der Waals surface area contributed by atoms with E-state index in [2.05, 4.69) is 19.6 Å². The second-order valence-corrected chi connectivity index (χ2v) is 8.89. The van der Waals surface area contributed by atoms with Crippen LogP contribution in [0.2, 0.25) is 0 Å². The monoisotopic (exact) mass is 358 g/mol. The standard InChI is InChI=1S/C21H26O5/c1-3-6-20-12-15(26-18(20)23)16-14(17(20)22)5-4-13-11-21(24-9-10-25-21)8-7-19(13,16)2/h3-4,14-16H,1,5-12H2,2H3/t14-,15+,16-,19-,20-/m0/s1. The average Bonchev–Trinajstić information content (AvgIpc) is 3.18. The maximum Gasteiger partial charge on any atom is 0.320 e. The number of ether oxygens (including phenoxy) is 3. The molecule has 0 radical (unpaired) electrons. The molecule has 5 aliphatic rings. The van der Waals surface area contributed by atoms with Gasteiger partial charge in [0.05, 0.1) is 13.2 Å². The summed E-state index contributed by atoms with van der Waals surface area (Å²) in [5.74, 6) is -0.796. The molecule has 3 aliphatic carbocycles. The average molecular weight is 358 g/mol. The summed E-state index contributed by atoms with van der Waals surface area (Å²) < 4.78 is 17.7. The van der Waals surface area contributed by atoms with Crippen molar-refractivity contribution in [3.8, 4) is 0 Å². The molecule has 0 N–H and O–H groups in total. The minimum Gasteiger partial charge on any atom is -0.461 e. The maximum absolute atomic E-state index is 13.4. The summed E-state index contributed by atoms with van der Waals surface area (Å²) >= 11 is 0. The Kier molecular flexibility index (Phi) is 3.40. The van der Waals surface area contributed by atoms with E-state index in [9.17, 15) is 9.59 Å². The molecule has 5 heteroatoms. The Morgan fingerprint density at radius 2 is 2.04 bits per heavy atom. The van der Waals surface area contributed by atoms with E-state index < -0.39 is 11.2 Å². The number of ketones is 1. The van der Waals surface area contributed by atoms with Crippen LogP contribution in [0.4, 0.5) is 0 Å². The number of allylic oxidation sites excluding steroid dienone is 2. The molecule has 140 valence electrons. The lowest BCUT2D eigenvalue weighted by Gasteiger charge is -2.54. The van der Waals surface area contributed by atoms with Crippen molar-refractivity contribution in [3.63, 3.8) is 0 Å². The Labute approximate surface area is 153 Å². The first-order chi connectivity index (χ1) is 12.4. The van der Waals surface area contributed by atoms with E-state index in [0.29, 0.717) is 32.5 Å². The van der Waals surface area contributed by atoms with E-state index in [1.165, 1.54) is 5.57 Å².